The van der Waals surface area contributed by atoms with Gasteiger partial charge in [-0.25, -0.2) is 0 Å². The number of benzene rings is 1. The Morgan fingerprint density at radius 3 is 2.44 bits per heavy atom. The molecule has 0 amide bonds. The fraction of sp³-hybridized carbons (Fsp3) is 0.235. The van der Waals surface area contributed by atoms with E-state index in [1.54, 1.807) is 12.2 Å². The lowest BCUT2D eigenvalue weighted by Crippen LogP contribution is -2.19. The molecule has 1 spiro atoms. The van der Waals surface area contributed by atoms with Gasteiger partial charge in [-0.15, -0.1) is 0 Å². The molecule has 3 rings (SSSR count). The van der Waals surface area contributed by atoms with E-state index in [9.17, 15) is 4.79 Å². The molecular formula is C17H16O. The van der Waals surface area contributed by atoms with Gasteiger partial charge in [-0.1, -0.05) is 48.6 Å². The fourth-order valence-corrected chi connectivity index (χ4v) is 2.78. The first-order chi connectivity index (χ1) is 8.77. The van der Waals surface area contributed by atoms with E-state index in [0.717, 1.165) is 12.8 Å². The first-order valence-electron chi connectivity index (χ1n) is 6.47. The van der Waals surface area contributed by atoms with Gasteiger partial charge >= 0.3 is 0 Å². The molecule has 1 heteroatoms. The van der Waals surface area contributed by atoms with Gasteiger partial charge in [0.25, 0.3) is 0 Å². The van der Waals surface area contributed by atoms with E-state index >= 15 is 0 Å². The summed E-state index contributed by atoms with van der Waals surface area (Å²) < 4.78 is 0. The predicted molar refractivity (Wildman–Crippen MR) is 74.0 cm³/mol. The summed E-state index contributed by atoms with van der Waals surface area (Å²) in [7, 11) is 0. The van der Waals surface area contributed by atoms with Crippen LogP contribution in [0.1, 0.15) is 24.8 Å². The Hall–Kier alpha value is -1.89. The highest BCUT2D eigenvalue weighted by atomic mass is 16.1. The van der Waals surface area contributed by atoms with Gasteiger partial charge in [0, 0.05) is 5.41 Å². The summed E-state index contributed by atoms with van der Waals surface area (Å²) in [5.74, 6) is 0.0980. The minimum absolute atomic E-state index is 0.0304. The zero-order valence-corrected chi connectivity index (χ0v) is 10.3. The van der Waals surface area contributed by atoms with E-state index in [1.165, 1.54) is 17.6 Å². The van der Waals surface area contributed by atoms with Crippen LogP contribution in [0.25, 0.3) is 5.57 Å². The van der Waals surface area contributed by atoms with Crippen molar-refractivity contribution in [3.05, 3.63) is 66.3 Å². The van der Waals surface area contributed by atoms with Crippen molar-refractivity contribution in [3.8, 4) is 0 Å². The summed E-state index contributed by atoms with van der Waals surface area (Å²) in [6.07, 6.45) is 13.2. The van der Waals surface area contributed by atoms with Crippen LogP contribution >= 0.6 is 0 Å². The molecular weight excluding hydrogens is 220 g/mol. The molecule has 0 radical (unpaired) electrons. The summed E-state index contributed by atoms with van der Waals surface area (Å²) in [6, 6.07) is 10.5. The van der Waals surface area contributed by atoms with Crippen LogP contribution < -0.4 is 0 Å². The zero-order chi connectivity index (χ0) is 12.4. The molecule has 2 aliphatic rings. The highest BCUT2D eigenvalue weighted by Crippen LogP contribution is 2.41. The van der Waals surface area contributed by atoms with Gasteiger partial charge in [0.1, 0.15) is 0 Å². The molecule has 1 aromatic rings. The maximum Gasteiger partial charge on any atom is 0.178 e. The van der Waals surface area contributed by atoms with Gasteiger partial charge in [-0.05, 0) is 42.6 Å². The molecule has 0 N–H and O–H groups in total. The van der Waals surface area contributed by atoms with Gasteiger partial charge in [0.05, 0.1) is 0 Å². The predicted octanol–water partition coefficient (Wildman–Crippen LogP) is 3.94. The number of hydrogen-bond acceptors (Lipinski definition) is 1. The molecule has 0 aromatic heterocycles. The van der Waals surface area contributed by atoms with Crippen LogP contribution in [-0.2, 0) is 4.79 Å². The Kier molecular flexibility index (Phi) is 2.75. The topological polar surface area (TPSA) is 17.1 Å². The second kappa shape index (κ2) is 4.41. The van der Waals surface area contributed by atoms with Gasteiger partial charge in [0.2, 0.25) is 0 Å². The monoisotopic (exact) mass is 236 g/mol. The molecule has 0 saturated carbocycles. The minimum atomic E-state index is -0.0304. The van der Waals surface area contributed by atoms with E-state index in [4.69, 9.17) is 0 Å². The number of carbonyl (C=O) groups is 1. The van der Waals surface area contributed by atoms with Gasteiger partial charge in [-0.3, -0.25) is 4.79 Å². The standard InChI is InChI=1S/C17H16O/c18-16-8-11-17(12-9-16)10-4-7-15(13-17)14-5-2-1-3-6-14/h1-3,5-6,8-9,11-13H,4,7,10H2. The van der Waals surface area contributed by atoms with Gasteiger partial charge < -0.3 is 0 Å². The summed E-state index contributed by atoms with van der Waals surface area (Å²) in [6.45, 7) is 0. The Balaban J connectivity index is 1.98. The van der Waals surface area contributed by atoms with E-state index < -0.39 is 0 Å². The van der Waals surface area contributed by atoms with Crippen LogP contribution in [0.4, 0.5) is 0 Å². The van der Waals surface area contributed by atoms with Crippen molar-refractivity contribution in [1.82, 2.24) is 0 Å². The number of carbonyl (C=O) groups excluding carboxylic acids is 1. The normalized spacial score (nSPS) is 21.1. The first-order valence-corrected chi connectivity index (χ1v) is 6.47. The lowest BCUT2D eigenvalue weighted by atomic mass is 9.73. The Morgan fingerprint density at radius 1 is 1.00 bits per heavy atom. The van der Waals surface area contributed by atoms with E-state index in [1.807, 2.05) is 6.07 Å². The van der Waals surface area contributed by atoms with Gasteiger partial charge in [0.15, 0.2) is 5.78 Å². The SMILES string of the molecule is O=C1C=CC2(C=C1)C=C(c1ccccc1)CCC2. The van der Waals surface area contributed by atoms with Crippen molar-refractivity contribution in [2.75, 3.05) is 0 Å². The number of hydrogen-bond donors (Lipinski definition) is 0. The highest BCUT2D eigenvalue weighted by molar-refractivity contribution is 6.00. The number of allylic oxidation sites excluding steroid dienone is 6. The molecule has 0 saturated heterocycles. The lowest BCUT2D eigenvalue weighted by molar-refractivity contribution is -0.110. The molecule has 0 unspecified atom stereocenters. The Labute approximate surface area is 108 Å². The molecule has 90 valence electrons. The van der Waals surface area contributed by atoms with Crippen LogP contribution in [0, 0.1) is 5.41 Å². The maximum absolute atomic E-state index is 11.2. The second-order valence-corrected chi connectivity index (χ2v) is 5.07. The first kappa shape index (κ1) is 11.2. The van der Waals surface area contributed by atoms with Crippen molar-refractivity contribution in [2.24, 2.45) is 5.41 Å². The van der Waals surface area contributed by atoms with E-state index in [2.05, 4.69) is 42.5 Å². The molecule has 0 atom stereocenters. The average molecular weight is 236 g/mol. The lowest BCUT2D eigenvalue weighted by Gasteiger charge is -2.31. The van der Waals surface area contributed by atoms with Crippen LogP contribution in [0.2, 0.25) is 0 Å². The summed E-state index contributed by atoms with van der Waals surface area (Å²) in [5.41, 5.74) is 2.66. The van der Waals surface area contributed by atoms with Crippen molar-refractivity contribution >= 4 is 11.4 Å². The average Bonchev–Trinajstić information content (AvgIpc) is 2.44. The largest absolute Gasteiger partial charge is 0.290 e. The van der Waals surface area contributed by atoms with Crippen LogP contribution in [-0.4, -0.2) is 5.78 Å². The van der Waals surface area contributed by atoms with Gasteiger partial charge in [-0.2, -0.15) is 0 Å². The number of ketones is 1. The van der Waals surface area contributed by atoms with Crippen molar-refractivity contribution in [2.45, 2.75) is 19.3 Å². The molecule has 0 heterocycles. The summed E-state index contributed by atoms with van der Waals surface area (Å²) in [5, 5.41) is 0. The Bertz CT molecular complexity index is 530. The molecule has 1 aromatic carbocycles. The summed E-state index contributed by atoms with van der Waals surface area (Å²) >= 11 is 0. The fourth-order valence-electron chi connectivity index (χ4n) is 2.78. The highest BCUT2D eigenvalue weighted by Gasteiger charge is 2.27. The third-order valence-corrected chi connectivity index (χ3v) is 3.76. The second-order valence-electron chi connectivity index (χ2n) is 5.07. The van der Waals surface area contributed by atoms with E-state index in [0.29, 0.717) is 0 Å². The molecule has 2 aliphatic carbocycles. The van der Waals surface area contributed by atoms with Crippen molar-refractivity contribution < 1.29 is 4.79 Å². The van der Waals surface area contributed by atoms with Crippen LogP contribution in [0.5, 0.6) is 0 Å². The van der Waals surface area contributed by atoms with Crippen molar-refractivity contribution in [1.29, 1.82) is 0 Å². The number of rotatable bonds is 1. The molecule has 18 heavy (non-hydrogen) atoms. The molecule has 0 bridgehead atoms. The summed E-state index contributed by atoms with van der Waals surface area (Å²) in [4.78, 5) is 11.2. The quantitative estimate of drug-likeness (QED) is 0.722. The maximum atomic E-state index is 11.2. The van der Waals surface area contributed by atoms with Crippen molar-refractivity contribution in [3.63, 3.8) is 0 Å². The van der Waals surface area contributed by atoms with Crippen LogP contribution in [0.15, 0.2) is 60.7 Å². The Morgan fingerprint density at radius 2 is 1.72 bits per heavy atom. The zero-order valence-electron chi connectivity index (χ0n) is 10.3. The molecule has 0 aliphatic heterocycles. The molecule has 0 fully saturated rings. The minimum Gasteiger partial charge on any atom is -0.290 e. The molecule has 1 nitrogen and oxygen atoms in total. The van der Waals surface area contributed by atoms with Crippen LogP contribution in [0.3, 0.4) is 0 Å². The van der Waals surface area contributed by atoms with E-state index in [-0.39, 0.29) is 11.2 Å². The smallest absolute Gasteiger partial charge is 0.178 e. The third-order valence-electron chi connectivity index (χ3n) is 3.76. The third kappa shape index (κ3) is 2.08.